The van der Waals surface area contributed by atoms with E-state index < -0.39 is 0 Å². The van der Waals surface area contributed by atoms with Gasteiger partial charge in [0.25, 0.3) is 0 Å². The quantitative estimate of drug-likeness (QED) is 0.904. The summed E-state index contributed by atoms with van der Waals surface area (Å²) in [6.45, 7) is 2.67. The Labute approximate surface area is 121 Å². The Balaban J connectivity index is 2.37. The number of methoxy groups -OCH3 is 1. The van der Waals surface area contributed by atoms with E-state index in [1.807, 2.05) is 18.2 Å². The molecule has 0 saturated heterocycles. The van der Waals surface area contributed by atoms with E-state index in [4.69, 9.17) is 10.5 Å². The Morgan fingerprint density at radius 1 is 1.10 bits per heavy atom. The minimum atomic E-state index is 0.511. The molecule has 2 N–H and O–H groups in total. The van der Waals surface area contributed by atoms with Crippen molar-refractivity contribution in [1.82, 2.24) is 0 Å². The van der Waals surface area contributed by atoms with E-state index >= 15 is 0 Å². The average molecular weight is 270 g/mol. The minimum absolute atomic E-state index is 0.511. The van der Waals surface area contributed by atoms with Crippen LogP contribution in [0.15, 0.2) is 42.5 Å². The SMILES string of the molecule is CCc1ccc(N(C)c2cc(OC)ccc2CN)cc1. The largest absolute Gasteiger partial charge is 0.497 e. The molecule has 0 aromatic heterocycles. The molecule has 2 aromatic rings. The molecule has 0 saturated carbocycles. The van der Waals surface area contributed by atoms with Crippen LogP contribution >= 0.6 is 0 Å². The zero-order valence-corrected chi connectivity index (χ0v) is 12.4. The van der Waals surface area contributed by atoms with Crippen LogP contribution in [0.3, 0.4) is 0 Å². The van der Waals surface area contributed by atoms with Crippen LogP contribution in [0.2, 0.25) is 0 Å². The molecule has 0 bridgehead atoms. The molecular formula is C17H22N2O. The maximum absolute atomic E-state index is 5.84. The third-order valence-electron chi connectivity index (χ3n) is 3.61. The number of nitrogens with zero attached hydrogens (tertiary/aromatic N) is 1. The second-order valence-corrected chi connectivity index (χ2v) is 4.78. The lowest BCUT2D eigenvalue weighted by molar-refractivity contribution is 0.415. The summed E-state index contributed by atoms with van der Waals surface area (Å²) < 4.78 is 5.31. The van der Waals surface area contributed by atoms with Crippen molar-refractivity contribution in [2.45, 2.75) is 19.9 Å². The van der Waals surface area contributed by atoms with E-state index in [9.17, 15) is 0 Å². The van der Waals surface area contributed by atoms with Crippen LogP contribution in [0.25, 0.3) is 0 Å². The summed E-state index contributed by atoms with van der Waals surface area (Å²) in [6.07, 6.45) is 1.05. The van der Waals surface area contributed by atoms with Gasteiger partial charge in [-0.1, -0.05) is 25.1 Å². The zero-order chi connectivity index (χ0) is 14.5. The highest BCUT2D eigenvalue weighted by atomic mass is 16.5. The number of anilines is 2. The fraction of sp³-hybridized carbons (Fsp3) is 0.294. The third-order valence-corrected chi connectivity index (χ3v) is 3.61. The highest BCUT2D eigenvalue weighted by molar-refractivity contribution is 5.67. The predicted octanol–water partition coefficient (Wildman–Crippen LogP) is 3.48. The van der Waals surface area contributed by atoms with Crippen molar-refractivity contribution in [2.75, 3.05) is 19.1 Å². The molecule has 2 aromatic carbocycles. The molecule has 2 rings (SSSR count). The summed E-state index contributed by atoms with van der Waals surface area (Å²) in [4.78, 5) is 2.14. The monoisotopic (exact) mass is 270 g/mol. The standard InChI is InChI=1S/C17H22N2O/c1-4-13-5-8-15(9-6-13)19(2)17-11-16(20-3)10-7-14(17)12-18/h5-11H,4,12,18H2,1-3H3. The summed E-state index contributed by atoms with van der Waals surface area (Å²) in [6, 6.07) is 14.6. The van der Waals surface area contributed by atoms with Gasteiger partial charge >= 0.3 is 0 Å². The molecule has 0 fully saturated rings. The summed E-state index contributed by atoms with van der Waals surface area (Å²) in [5.41, 5.74) is 10.5. The summed E-state index contributed by atoms with van der Waals surface area (Å²) in [7, 11) is 3.73. The lowest BCUT2D eigenvalue weighted by Gasteiger charge is -2.23. The van der Waals surface area contributed by atoms with Crippen LogP contribution in [0, 0.1) is 0 Å². The lowest BCUT2D eigenvalue weighted by Crippen LogP contribution is -2.13. The van der Waals surface area contributed by atoms with Crippen molar-refractivity contribution in [3.8, 4) is 5.75 Å². The number of aryl methyl sites for hydroxylation is 1. The molecule has 3 nitrogen and oxygen atoms in total. The van der Waals surface area contributed by atoms with Gasteiger partial charge in [0.05, 0.1) is 7.11 Å². The lowest BCUT2D eigenvalue weighted by atomic mass is 10.1. The molecule has 106 valence electrons. The normalized spacial score (nSPS) is 10.4. The Morgan fingerprint density at radius 3 is 2.35 bits per heavy atom. The van der Waals surface area contributed by atoms with Gasteiger partial charge in [0.2, 0.25) is 0 Å². The van der Waals surface area contributed by atoms with Gasteiger partial charge in [-0.25, -0.2) is 0 Å². The topological polar surface area (TPSA) is 38.5 Å². The molecule has 0 heterocycles. The van der Waals surface area contributed by atoms with Crippen molar-refractivity contribution in [2.24, 2.45) is 5.73 Å². The molecule has 20 heavy (non-hydrogen) atoms. The van der Waals surface area contributed by atoms with Gasteiger partial charge in [-0.05, 0) is 35.7 Å². The Hall–Kier alpha value is -2.00. The molecule has 0 aliphatic rings. The number of benzene rings is 2. The van der Waals surface area contributed by atoms with Crippen molar-refractivity contribution >= 4 is 11.4 Å². The maximum atomic E-state index is 5.84. The highest BCUT2D eigenvalue weighted by Crippen LogP contribution is 2.30. The van der Waals surface area contributed by atoms with Crippen LogP contribution in [-0.4, -0.2) is 14.2 Å². The van der Waals surface area contributed by atoms with E-state index in [0.29, 0.717) is 6.54 Å². The Kier molecular flexibility index (Phi) is 4.64. The van der Waals surface area contributed by atoms with E-state index in [1.165, 1.54) is 5.56 Å². The van der Waals surface area contributed by atoms with Crippen molar-refractivity contribution in [3.05, 3.63) is 53.6 Å². The van der Waals surface area contributed by atoms with Crippen LogP contribution < -0.4 is 15.4 Å². The summed E-state index contributed by atoms with van der Waals surface area (Å²) >= 11 is 0. The first-order chi connectivity index (χ1) is 9.69. The van der Waals surface area contributed by atoms with Gasteiger partial charge in [-0.15, -0.1) is 0 Å². The van der Waals surface area contributed by atoms with E-state index in [-0.39, 0.29) is 0 Å². The first-order valence-corrected chi connectivity index (χ1v) is 6.89. The Morgan fingerprint density at radius 2 is 1.80 bits per heavy atom. The van der Waals surface area contributed by atoms with Gasteiger partial charge in [0, 0.05) is 31.0 Å². The Bertz CT molecular complexity index is 564. The predicted molar refractivity (Wildman–Crippen MR) is 84.8 cm³/mol. The molecule has 0 aliphatic heterocycles. The molecule has 0 amide bonds. The molecule has 0 unspecified atom stereocenters. The van der Waals surface area contributed by atoms with E-state index in [2.05, 4.69) is 43.1 Å². The summed E-state index contributed by atoms with van der Waals surface area (Å²) in [5.74, 6) is 0.842. The molecule has 0 atom stereocenters. The first kappa shape index (κ1) is 14.4. The van der Waals surface area contributed by atoms with Crippen molar-refractivity contribution < 1.29 is 4.74 Å². The first-order valence-electron chi connectivity index (χ1n) is 6.89. The van der Waals surface area contributed by atoms with Gasteiger partial charge < -0.3 is 15.4 Å². The number of hydrogen-bond donors (Lipinski definition) is 1. The molecule has 3 heteroatoms. The van der Waals surface area contributed by atoms with Gasteiger partial charge in [-0.2, -0.15) is 0 Å². The van der Waals surface area contributed by atoms with Crippen LogP contribution in [-0.2, 0) is 13.0 Å². The minimum Gasteiger partial charge on any atom is -0.497 e. The number of rotatable bonds is 5. The van der Waals surface area contributed by atoms with E-state index in [0.717, 1.165) is 29.1 Å². The van der Waals surface area contributed by atoms with Crippen LogP contribution in [0.5, 0.6) is 5.75 Å². The smallest absolute Gasteiger partial charge is 0.120 e. The summed E-state index contributed by atoms with van der Waals surface area (Å²) in [5, 5.41) is 0. The number of ether oxygens (including phenoxy) is 1. The second-order valence-electron chi connectivity index (χ2n) is 4.78. The molecule has 0 radical (unpaired) electrons. The van der Waals surface area contributed by atoms with Crippen molar-refractivity contribution in [1.29, 1.82) is 0 Å². The fourth-order valence-electron chi connectivity index (χ4n) is 2.25. The fourth-order valence-corrected chi connectivity index (χ4v) is 2.25. The van der Waals surface area contributed by atoms with Crippen LogP contribution in [0.1, 0.15) is 18.1 Å². The second kappa shape index (κ2) is 6.44. The van der Waals surface area contributed by atoms with Gasteiger partial charge in [0.15, 0.2) is 0 Å². The number of nitrogens with two attached hydrogens (primary N) is 1. The van der Waals surface area contributed by atoms with Crippen LogP contribution in [0.4, 0.5) is 11.4 Å². The highest BCUT2D eigenvalue weighted by Gasteiger charge is 2.10. The van der Waals surface area contributed by atoms with E-state index in [1.54, 1.807) is 7.11 Å². The van der Waals surface area contributed by atoms with Gasteiger partial charge in [-0.3, -0.25) is 0 Å². The van der Waals surface area contributed by atoms with Crippen molar-refractivity contribution in [3.63, 3.8) is 0 Å². The zero-order valence-electron chi connectivity index (χ0n) is 12.4. The average Bonchev–Trinajstić information content (AvgIpc) is 2.53. The third kappa shape index (κ3) is 2.94. The molecule has 0 aliphatic carbocycles. The number of hydrogen-bond acceptors (Lipinski definition) is 3. The molecule has 0 spiro atoms. The van der Waals surface area contributed by atoms with Gasteiger partial charge in [0.1, 0.15) is 5.75 Å². The molecular weight excluding hydrogens is 248 g/mol. The maximum Gasteiger partial charge on any atom is 0.120 e.